The van der Waals surface area contributed by atoms with Gasteiger partial charge in [0.05, 0.1) is 10.9 Å². The maximum Gasteiger partial charge on any atom is 0.308 e. The molecule has 7 heteroatoms. The number of hydrogen-bond donors (Lipinski definition) is 0. The Morgan fingerprint density at radius 3 is 2.06 bits per heavy atom. The van der Waals surface area contributed by atoms with Gasteiger partial charge >= 0.3 is 11.9 Å². The third-order valence-corrected chi connectivity index (χ3v) is 4.47. The number of aromatic nitrogens is 1. The quantitative estimate of drug-likeness (QED) is 0.361. The molecule has 0 aliphatic heterocycles. The zero-order valence-electron chi connectivity index (χ0n) is 16.7. The molecule has 2 aromatic carbocycles. The third-order valence-electron chi connectivity index (χ3n) is 4.47. The molecule has 0 radical (unpaired) electrons. The highest BCUT2D eigenvalue weighted by molar-refractivity contribution is 5.90. The fraction of sp³-hybridized carbons (Fsp3) is 0.0833. The minimum absolute atomic E-state index is 0.248. The molecule has 2 heterocycles. The van der Waals surface area contributed by atoms with Gasteiger partial charge in [-0.3, -0.25) is 19.4 Å². The van der Waals surface area contributed by atoms with Gasteiger partial charge in [-0.2, -0.15) is 0 Å². The van der Waals surface area contributed by atoms with E-state index in [2.05, 4.69) is 4.98 Å². The maximum absolute atomic E-state index is 13.5. The summed E-state index contributed by atoms with van der Waals surface area (Å²) < 4.78 is 16.3. The molecule has 4 aromatic rings. The van der Waals surface area contributed by atoms with E-state index in [0.717, 1.165) is 0 Å². The van der Waals surface area contributed by atoms with Crippen molar-refractivity contribution < 1.29 is 23.5 Å². The lowest BCUT2D eigenvalue weighted by molar-refractivity contribution is -0.132. The summed E-state index contributed by atoms with van der Waals surface area (Å²) in [5.74, 6) is 0.0971. The average Bonchev–Trinajstić information content (AvgIpc) is 2.74. The van der Waals surface area contributed by atoms with Crippen molar-refractivity contribution in [1.29, 1.82) is 0 Å². The predicted octanol–water partition coefficient (Wildman–Crippen LogP) is 4.37. The second-order valence-electron chi connectivity index (χ2n) is 6.74. The first-order valence-corrected chi connectivity index (χ1v) is 9.41. The zero-order valence-corrected chi connectivity index (χ0v) is 16.7. The van der Waals surface area contributed by atoms with Gasteiger partial charge < -0.3 is 13.9 Å². The van der Waals surface area contributed by atoms with Crippen molar-refractivity contribution in [2.75, 3.05) is 0 Å². The van der Waals surface area contributed by atoms with Crippen LogP contribution in [0.15, 0.2) is 76.2 Å². The van der Waals surface area contributed by atoms with Crippen LogP contribution in [0.25, 0.3) is 33.4 Å². The number of benzene rings is 2. The summed E-state index contributed by atoms with van der Waals surface area (Å²) in [6.07, 6.45) is 3.20. The first-order valence-electron chi connectivity index (χ1n) is 9.41. The van der Waals surface area contributed by atoms with Crippen molar-refractivity contribution in [1.82, 2.24) is 4.98 Å². The molecule has 0 aliphatic rings. The van der Waals surface area contributed by atoms with Crippen LogP contribution in [0.5, 0.6) is 11.5 Å². The summed E-state index contributed by atoms with van der Waals surface area (Å²) in [5, 5.41) is 0.341. The van der Waals surface area contributed by atoms with E-state index in [-0.39, 0.29) is 16.8 Å². The summed E-state index contributed by atoms with van der Waals surface area (Å²) in [5.41, 5.74) is 1.65. The monoisotopic (exact) mass is 415 g/mol. The summed E-state index contributed by atoms with van der Waals surface area (Å²) in [7, 11) is 0. The van der Waals surface area contributed by atoms with Crippen LogP contribution in [0.2, 0.25) is 0 Å². The minimum Gasteiger partial charge on any atom is -0.455 e. The largest absolute Gasteiger partial charge is 0.455 e. The van der Waals surface area contributed by atoms with Gasteiger partial charge in [-0.15, -0.1) is 0 Å². The predicted molar refractivity (Wildman–Crippen MR) is 114 cm³/mol. The van der Waals surface area contributed by atoms with Crippen molar-refractivity contribution in [2.24, 2.45) is 0 Å². The fourth-order valence-corrected chi connectivity index (χ4v) is 3.23. The minimum atomic E-state index is -0.472. The molecule has 2 aromatic heterocycles. The van der Waals surface area contributed by atoms with Gasteiger partial charge in [0.1, 0.15) is 22.8 Å². The highest BCUT2D eigenvalue weighted by atomic mass is 16.5. The molecule has 0 unspecified atom stereocenters. The number of rotatable bonds is 4. The summed E-state index contributed by atoms with van der Waals surface area (Å²) in [6.45, 7) is 2.61. The molecule has 0 spiro atoms. The Bertz CT molecular complexity index is 1340. The van der Waals surface area contributed by atoms with Crippen LogP contribution in [0, 0.1) is 0 Å². The van der Waals surface area contributed by atoms with E-state index in [4.69, 9.17) is 13.9 Å². The molecular formula is C24H17NO6. The normalized spacial score (nSPS) is 10.6. The Kier molecular flexibility index (Phi) is 5.32. The number of ether oxygens (including phenoxy) is 2. The highest BCUT2D eigenvalue weighted by Gasteiger charge is 2.19. The van der Waals surface area contributed by atoms with Crippen molar-refractivity contribution >= 4 is 22.9 Å². The molecule has 0 bridgehead atoms. The number of nitrogens with zero attached hydrogens (tertiary/aromatic N) is 1. The molecule has 4 rings (SSSR count). The van der Waals surface area contributed by atoms with E-state index in [1.54, 1.807) is 60.9 Å². The van der Waals surface area contributed by atoms with Crippen LogP contribution in [0.4, 0.5) is 0 Å². The zero-order chi connectivity index (χ0) is 22.0. The smallest absolute Gasteiger partial charge is 0.308 e. The van der Waals surface area contributed by atoms with Gasteiger partial charge in [-0.05, 0) is 42.0 Å². The molecule has 0 saturated heterocycles. The Morgan fingerprint density at radius 2 is 1.42 bits per heavy atom. The standard InChI is InChI=1S/C24H17NO6/c1-14(26)29-18-5-3-16(4-6-18)22-23(28)20-8-7-19(30-15(2)27)13-21(20)31-24(22)17-9-11-25-12-10-17/h3-13H,1-2H3. The van der Waals surface area contributed by atoms with E-state index in [1.165, 1.54) is 19.9 Å². The molecule has 0 aliphatic carbocycles. The topological polar surface area (TPSA) is 95.7 Å². The molecular weight excluding hydrogens is 398 g/mol. The van der Waals surface area contributed by atoms with Crippen molar-refractivity contribution in [3.8, 4) is 33.9 Å². The van der Waals surface area contributed by atoms with Gasteiger partial charge in [0.15, 0.2) is 0 Å². The maximum atomic E-state index is 13.5. The van der Waals surface area contributed by atoms with E-state index < -0.39 is 11.9 Å². The van der Waals surface area contributed by atoms with Crippen molar-refractivity contribution in [3.63, 3.8) is 0 Å². The molecule has 0 saturated carbocycles. The first kappa shape index (κ1) is 20.0. The Labute approximate surface area is 176 Å². The second kappa shape index (κ2) is 8.23. The molecule has 0 N–H and O–H groups in total. The lowest BCUT2D eigenvalue weighted by atomic mass is 9.98. The lowest BCUT2D eigenvalue weighted by Crippen LogP contribution is -2.08. The number of hydrogen-bond acceptors (Lipinski definition) is 7. The summed E-state index contributed by atoms with van der Waals surface area (Å²) in [4.78, 5) is 39.9. The number of pyridine rings is 1. The Balaban J connectivity index is 1.94. The highest BCUT2D eigenvalue weighted by Crippen LogP contribution is 2.34. The van der Waals surface area contributed by atoms with Crippen LogP contribution in [0.3, 0.4) is 0 Å². The van der Waals surface area contributed by atoms with E-state index in [9.17, 15) is 14.4 Å². The molecule has 0 amide bonds. The first-order chi connectivity index (χ1) is 14.9. The second-order valence-corrected chi connectivity index (χ2v) is 6.74. The van der Waals surface area contributed by atoms with Crippen LogP contribution in [-0.2, 0) is 9.59 Å². The van der Waals surface area contributed by atoms with Crippen LogP contribution < -0.4 is 14.9 Å². The Hall–Kier alpha value is -4.26. The van der Waals surface area contributed by atoms with Gasteiger partial charge in [0.2, 0.25) is 5.43 Å². The van der Waals surface area contributed by atoms with Gasteiger partial charge in [-0.25, -0.2) is 0 Å². The van der Waals surface area contributed by atoms with E-state index in [1.807, 2.05) is 0 Å². The summed E-state index contributed by atoms with van der Waals surface area (Å²) >= 11 is 0. The number of esters is 2. The number of carbonyl (C=O) groups is 2. The molecule has 0 atom stereocenters. The molecule has 154 valence electrons. The third kappa shape index (κ3) is 4.20. The fourth-order valence-electron chi connectivity index (χ4n) is 3.23. The van der Waals surface area contributed by atoms with Gasteiger partial charge in [-0.1, -0.05) is 12.1 Å². The SMILES string of the molecule is CC(=O)Oc1ccc(-c2c(-c3ccncc3)oc3cc(OC(C)=O)ccc3c2=O)cc1. The molecule has 0 fully saturated rings. The number of carbonyl (C=O) groups excluding carboxylic acids is 2. The van der Waals surface area contributed by atoms with E-state index >= 15 is 0 Å². The van der Waals surface area contributed by atoms with Crippen molar-refractivity contribution in [3.05, 3.63) is 77.2 Å². The molecule has 31 heavy (non-hydrogen) atoms. The van der Waals surface area contributed by atoms with Crippen LogP contribution >= 0.6 is 0 Å². The number of fused-ring (bicyclic) bond motifs is 1. The average molecular weight is 415 g/mol. The Morgan fingerprint density at radius 1 is 0.806 bits per heavy atom. The van der Waals surface area contributed by atoms with E-state index in [0.29, 0.717) is 33.6 Å². The molecule has 7 nitrogen and oxygen atoms in total. The van der Waals surface area contributed by atoms with Gasteiger partial charge in [0, 0.05) is 37.9 Å². The van der Waals surface area contributed by atoms with Crippen LogP contribution in [0.1, 0.15) is 13.8 Å². The van der Waals surface area contributed by atoms with Crippen molar-refractivity contribution in [2.45, 2.75) is 13.8 Å². The lowest BCUT2D eigenvalue weighted by Gasteiger charge is -2.12. The van der Waals surface area contributed by atoms with Gasteiger partial charge in [0.25, 0.3) is 0 Å². The summed E-state index contributed by atoms with van der Waals surface area (Å²) in [6, 6.07) is 14.7. The van der Waals surface area contributed by atoms with Crippen LogP contribution in [-0.4, -0.2) is 16.9 Å².